The van der Waals surface area contributed by atoms with Gasteiger partial charge in [0.25, 0.3) is 0 Å². The Morgan fingerprint density at radius 1 is 0.550 bits per heavy atom. The summed E-state index contributed by atoms with van der Waals surface area (Å²) >= 11 is 0. The fourth-order valence-corrected chi connectivity index (χ4v) is 5.43. The molecule has 0 atom stereocenters. The monoisotopic (exact) mass is 527 g/mol. The van der Waals surface area contributed by atoms with Crippen molar-refractivity contribution in [1.29, 1.82) is 0 Å². The number of nitrogens with zero attached hydrogens (tertiary/aromatic N) is 1. The lowest BCUT2D eigenvalue weighted by Gasteiger charge is -2.22. The molecular weight excluding hydrogens is 486 g/mol. The van der Waals surface area contributed by atoms with E-state index in [-0.39, 0.29) is 67.5 Å². The van der Waals surface area contributed by atoms with Gasteiger partial charge in [-0.25, -0.2) is 0 Å². The summed E-state index contributed by atoms with van der Waals surface area (Å²) in [4.78, 5) is 0. The summed E-state index contributed by atoms with van der Waals surface area (Å²) in [6.07, 6.45) is 0. The first-order chi connectivity index (χ1) is 27.3. The molecule has 2 heterocycles. The Morgan fingerprint density at radius 3 is 2.35 bits per heavy atom. The minimum atomic E-state index is -0.779. The predicted molar refractivity (Wildman–Crippen MR) is 167 cm³/mol. The molecule has 1 aromatic heterocycles. The third kappa shape index (κ3) is 2.93. The summed E-state index contributed by atoms with van der Waals surface area (Å²) in [7, 11) is 0. The Morgan fingerprint density at radius 2 is 1.40 bits per heavy atom. The van der Waals surface area contributed by atoms with Crippen LogP contribution in [-0.2, 0) is 0 Å². The minimum Gasteiger partial charge on any atom is -0.456 e. The maximum absolute atomic E-state index is 9.78. The molecule has 0 N–H and O–H groups in total. The number of benzene rings is 7. The third-order valence-corrected chi connectivity index (χ3v) is 7.08. The normalized spacial score (nSPS) is 18.5. The molecule has 0 amide bonds. The molecule has 8 aromatic rings. The van der Waals surface area contributed by atoms with Crippen molar-refractivity contribution in [2.45, 2.75) is 0 Å². The van der Waals surface area contributed by atoms with E-state index >= 15 is 0 Å². The van der Waals surface area contributed by atoms with Crippen molar-refractivity contribution in [3.05, 3.63) is 139 Å². The lowest BCUT2D eigenvalue weighted by atomic mass is 9.90. The van der Waals surface area contributed by atoms with Gasteiger partial charge in [0.2, 0.25) is 0 Å². The Hall–Kier alpha value is -5.34. The number of hydrogen-bond acceptors (Lipinski definition) is 1. The molecule has 186 valence electrons. The highest BCUT2D eigenvalue weighted by Gasteiger charge is 2.22. The van der Waals surface area contributed by atoms with Crippen LogP contribution in [0.1, 0.15) is 24.7 Å². The van der Waals surface area contributed by atoms with Crippen molar-refractivity contribution < 1.29 is 29.4 Å². The Labute approximate surface area is 256 Å². The Kier molecular flexibility index (Phi) is 2.16. The molecule has 2 nitrogen and oxygen atoms in total. The molecule has 0 unspecified atom stereocenters. The second-order valence-corrected chi connectivity index (χ2v) is 9.15. The first-order valence-electron chi connectivity index (χ1n) is 21.2. The van der Waals surface area contributed by atoms with Gasteiger partial charge in [0.1, 0.15) is 11.5 Å². The van der Waals surface area contributed by atoms with Crippen LogP contribution in [0.5, 0.6) is 11.5 Å². The fourth-order valence-electron chi connectivity index (χ4n) is 5.43. The van der Waals surface area contributed by atoms with Gasteiger partial charge >= 0.3 is 0 Å². The highest BCUT2D eigenvalue weighted by atomic mass is 16.5. The lowest BCUT2D eigenvalue weighted by Crippen LogP contribution is -1.97. The Balaban J connectivity index is 1.51. The number of para-hydroxylation sites is 2. The van der Waals surface area contributed by atoms with E-state index in [1.54, 1.807) is 18.2 Å². The molecular formula is C38H23NO. The molecule has 1 aliphatic rings. The fraction of sp³-hybridized carbons (Fsp3) is 0. The van der Waals surface area contributed by atoms with Crippen molar-refractivity contribution in [1.82, 2.24) is 4.57 Å². The van der Waals surface area contributed by atoms with Crippen molar-refractivity contribution >= 4 is 43.4 Å². The standard InChI is InChI=1S/C38H23NO/c1-2-10-26(11-3-1)39-34-21-18-25(23-33(34)32-19-17-24-9-4-5-12-28(24)38(32)39)27-20-22-36-37-30(27)14-8-15-31(37)29-13-6-7-16-35(29)40-36/h1-23H/i1D,2D,3D,4D,5D,6D,7D,9D,10D,11D,12D,13D,16D,17D,18D,19D,21D,23D. The predicted octanol–water partition coefficient (Wildman–Crippen LogP) is 10.5. The van der Waals surface area contributed by atoms with E-state index in [1.165, 1.54) is 12.1 Å². The smallest absolute Gasteiger partial charge is 0.135 e. The second-order valence-electron chi connectivity index (χ2n) is 9.15. The largest absolute Gasteiger partial charge is 0.456 e. The van der Waals surface area contributed by atoms with Crippen LogP contribution in [0.15, 0.2) is 139 Å². The van der Waals surface area contributed by atoms with Gasteiger partial charge in [0, 0.05) is 32.8 Å². The zero-order chi connectivity index (χ0) is 41.9. The molecule has 0 radical (unpaired) electrons. The van der Waals surface area contributed by atoms with E-state index < -0.39 is 108 Å². The van der Waals surface area contributed by atoms with E-state index in [9.17, 15) is 5.48 Å². The van der Waals surface area contributed by atoms with Crippen LogP contribution in [0.4, 0.5) is 0 Å². The number of rotatable bonds is 2. The van der Waals surface area contributed by atoms with Crippen molar-refractivity contribution in [2.24, 2.45) is 0 Å². The van der Waals surface area contributed by atoms with Gasteiger partial charge in [-0.1, -0.05) is 103 Å². The molecule has 0 spiro atoms. The van der Waals surface area contributed by atoms with Crippen molar-refractivity contribution in [2.75, 3.05) is 0 Å². The van der Waals surface area contributed by atoms with Gasteiger partial charge in [-0.3, -0.25) is 0 Å². The van der Waals surface area contributed by atoms with E-state index in [0.29, 0.717) is 16.3 Å². The molecule has 2 heteroatoms. The zero-order valence-corrected chi connectivity index (χ0v) is 20.2. The zero-order valence-electron chi connectivity index (χ0n) is 38.2. The van der Waals surface area contributed by atoms with Gasteiger partial charge in [0.15, 0.2) is 0 Å². The number of ether oxygens (including phenoxy) is 1. The van der Waals surface area contributed by atoms with E-state index in [1.807, 2.05) is 0 Å². The average Bonchev–Trinajstić information content (AvgIpc) is 3.56. The summed E-state index contributed by atoms with van der Waals surface area (Å²) < 4.78 is 165. The van der Waals surface area contributed by atoms with Gasteiger partial charge in [0.05, 0.1) is 35.7 Å². The molecule has 40 heavy (non-hydrogen) atoms. The summed E-state index contributed by atoms with van der Waals surface area (Å²) in [6.45, 7) is 0. The molecule has 9 rings (SSSR count). The SMILES string of the molecule is [2H]c1c([2H])c([2H])c(-n2c3c([2H])c([2H])c(-c4ccc5c6c(cccc46)-c4c([2H])c([2H])c([2H])c([2H])c4O5)c([2H])c3c3c([2H])c([2H])c4c([2H])c([2H])c([2H])c([2H])c4c32)c([2H])c1[2H]. The van der Waals surface area contributed by atoms with Crippen molar-refractivity contribution in [3.8, 4) is 39.4 Å². The minimum absolute atomic E-state index is 0.0872. The van der Waals surface area contributed by atoms with Crippen LogP contribution in [0.25, 0.3) is 71.3 Å². The average molecular weight is 528 g/mol. The van der Waals surface area contributed by atoms with E-state index in [2.05, 4.69) is 0 Å². The lowest BCUT2D eigenvalue weighted by molar-refractivity contribution is 0.487. The van der Waals surface area contributed by atoms with E-state index in [0.717, 1.165) is 4.57 Å². The first kappa shape index (κ1) is 10.7. The number of fused-ring (bicyclic) bond motifs is 7. The molecule has 7 aromatic carbocycles. The molecule has 0 saturated heterocycles. The quantitative estimate of drug-likeness (QED) is 0.218. The van der Waals surface area contributed by atoms with Crippen LogP contribution in [0.3, 0.4) is 0 Å². The Bertz CT molecular complexity index is 3270. The van der Waals surface area contributed by atoms with E-state index in [4.69, 9.17) is 23.9 Å². The van der Waals surface area contributed by atoms with Crippen LogP contribution < -0.4 is 4.74 Å². The van der Waals surface area contributed by atoms with Gasteiger partial charge in [-0.2, -0.15) is 0 Å². The maximum atomic E-state index is 9.78. The number of hydrogen-bond donors (Lipinski definition) is 0. The van der Waals surface area contributed by atoms with Crippen molar-refractivity contribution in [3.63, 3.8) is 0 Å². The third-order valence-electron chi connectivity index (χ3n) is 7.08. The summed E-state index contributed by atoms with van der Waals surface area (Å²) in [6, 6.07) is -3.45. The van der Waals surface area contributed by atoms with Gasteiger partial charge in [-0.15, -0.1) is 0 Å². The van der Waals surface area contributed by atoms with Crippen LogP contribution in [-0.4, -0.2) is 4.57 Å². The highest BCUT2D eigenvalue weighted by molar-refractivity contribution is 6.19. The molecule has 0 aliphatic carbocycles. The summed E-state index contributed by atoms with van der Waals surface area (Å²) in [5, 5.41) is -0.594. The van der Waals surface area contributed by atoms with Crippen LogP contribution in [0.2, 0.25) is 0 Å². The van der Waals surface area contributed by atoms with Gasteiger partial charge in [-0.05, 0) is 63.7 Å². The second kappa shape index (κ2) is 8.08. The van der Waals surface area contributed by atoms with Gasteiger partial charge < -0.3 is 9.30 Å². The molecule has 1 aliphatic heterocycles. The van der Waals surface area contributed by atoms with Crippen LogP contribution in [0, 0.1) is 0 Å². The summed E-state index contributed by atoms with van der Waals surface area (Å²) in [5.41, 5.74) is -0.777. The first-order valence-corrected chi connectivity index (χ1v) is 12.2. The molecule has 0 bridgehead atoms. The van der Waals surface area contributed by atoms with Crippen LogP contribution >= 0.6 is 0 Å². The maximum Gasteiger partial charge on any atom is 0.135 e. The number of aromatic nitrogens is 1. The molecule has 0 saturated carbocycles. The summed E-state index contributed by atoms with van der Waals surface area (Å²) in [5.74, 6) is 0.124. The highest BCUT2D eigenvalue weighted by Crippen LogP contribution is 2.49. The molecule has 0 fully saturated rings. The topological polar surface area (TPSA) is 14.2 Å².